The lowest BCUT2D eigenvalue weighted by Gasteiger charge is -2.29. The van der Waals surface area contributed by atoms with Gasteiger partial charge in [0, 0.05) is 48.6 Å². The molecule has 3 heterocycles. The van der Waals surface area contributed by atoms with Crippen LogP contribution < -0.4 is 10.6 Å². The molecule has 1 fully saturated rings. The highest BCUT2D eigenvalue weighted by Crippen LogP contribution is 2.26. The molecule has 0 aliphatic carbocycles. The summed E-state index contributed by atoms with van der Waals surface area (Å²) in [5, 5.41) is 20.7. The summed E-state index contributed by atoms with van der Waals surface area (Å²) >= 11 is 5.87. The zero-order valence-electron chi connectivity index (χ0n) is 20.1. The number of ether oxygens (including phenoxy) is 1. The van der Waals surface area contributed by atoms with Gasteiger partial charge >= 0.3 is 0 Å². The van der Waals surface area contributed by atoms with Crippen molar-refractivity contribution in [3.8, 4) is 0 Å². The number of anilines is 1. The van der Waals surface area contributed by atoms with Crippen molar-refractivity contribution in [1.82, 2.24) is 25.1 Å². The van der Waals surface area contributed by atoms with Gasteiger partial charge < -0.3 is 20.5 Å². The lowest BCUT2D eigenvalue weighted by molar-refractivity contribution is -0.0213. The van der Waals surface area contributed by atoms with Gasteiger partial charge in [0.05, 0.1) is 35.5 Å². The molecule has 3 N–H and O–H groups in total. The van der Waals surface area contributed by atoms with Crippen molar-refractivity contribution in [2.24, 2.45) is 7.05 Å². The van der Waals surface area contributed by atoms with Crippen molar-refractivity contribution in [3.05, 3.63) is 82.5 Å². The van der Waals surface area contributed by atoms with Crippen molar-refractivity contribution in [1.29, 1.82) is 0 Å². The van der Waals surface area contributed by atoms with Gasteiger partial charge in [-0.25, -0.2) is 14.4 Å². The van der Waals surface area contributed by atoms with E-state index in [9.17, 15) is 14.3 Å². The number of aromatic nitrogens is 4. The summed E-state index contributed by atoms with van der Waals surface area (Å²) in [6, 6.07) is 9.06. The van der Waals surface area contributed by atoms with Gasteiger partial charge in [0.25, 0.3) is 5.91 Å². The predicted octanol–water partition coefficient (Wildman–Crippen LogP) is 3.63. The summed E-state index contributed by atoms with van der Waals surface area (Å²) in [5.41, 5.74) is 2.23. The molecular weight excluding hydrogens is 499 g/mol. The van der Waals surface area contributed by atoms with Gasteiger partial charge in [-0.3, -0.25) is 9.48 Å². The number of aliphatic hydroxyl groups excluding tert-OH is 1. The number of carbonyl (C=O) groups excluding carboxylic acids is 1. The maximum Gasteiger partial charge on any atom is 0.252 e. The Morgan fingerprint density at radius 1 is 1.27 bits per heavy atom. The monoisotopic (exact) mass is 524 g/mol. The number of aliphatic hydroxyl groups is 1. The summed E-state index contributed by atoms with van der Waals surface area (Å²) in [6.45, 7) is 0.522. The molecule has 3 unspecified atom stereocenters. The zero-order chi connectivity index (χ0) is 25.9. The minimum absolute atomic E-state index is 0.00581. The van der Waals surface area contributed by atoms with E-state index in [4.69, 9.17) is 16.3 Å². The van der Waals surface area contributed by atoms with Gasteiger partial charge in [0.1, 0.15) is 5.82 Å². The average Bonchev–Trinajstić information content (AvgIpc) is 3.34. The summed E-state index contributed by atoms with van der Waals surface area (Å²) < 4.78 is 21.4. The Bertz CT molecular complexity index is 1430. The number of amides is 1. The second-order valence-corrected chi connectivity index (χ2v) is 9.44. The smallest absolute Gasteiger partial charge is 0.252 e. The molecule has 4 aromatic rings. The molecule has 3 atom stereocenters. The zero-order valence-corrected chi connectivity index (χ0v) is 20.8. The van der Waals surface area contributed by atoms with E-state index in [1.807, 2.05) is 0 Å². The first-order valence-electron chi connectivity index (χ1n) is 11.9. The average molecular weight is 525 g/mol. The van der Waals surface area contributed by atoms with Crippen molar-refractivity contribution in [2.45, 2.75) is 31.0 Å². The van der Waals surface area contributed by atoms with Crippen LogP contribution in [0.25, 0.3) is 10.9 Å². The number of fused-ring (bicyclic) bond motifs is 1. The van der Waals surface area contributed by atoms with E-state index in [-0.39, 0.29) is 29.7 Å². The number of aryl methyl sites for hydroxylation is 1. The van der Waals surface area contributed by atoms with Gasteiger partial charge in [0.15, 0.2) is 0 Å². The standard InChI is InChI=1S/C26H26ClFN6O3/c1-34-13-18(12-30-34)24(15-4-5-21(27)22(28)8-15)33-25(36)16-2-3-17-11-29-26(32-23(17)9-16)31-19-6-7-37-20(10-19)14-35/h2-5,8-9,11-13,19-20,24,35H,6-7,10,14H2,1H3,(H,33,36)(H,29,31,32). The molecule has 2 aromatic carbocycles. The van der Waals surface area contributed by atoms with Crippen LogP contribution in [0.2, 0.25) is 5.02 Å². The van der Waals surface area contributed by atoms with Gasteiger partial charge in [-0.1, -0.05) is 23.7 Å². The number of rotatable bonds is 7. The molecule has 0 bridgehead atoms. The van der Waals surface area contributed by atoms with Crippen LogP contribution in [0.1, 0.15) is 40.4 Å². The van der Waals surface area contributed by atoms with E-state index in [2.05, 4.69) is 25.7 Å². The highest BCUT2D eigenvalue weighted by molar-refractivity contribution is 6.30. The summed E-state index contributed by atoms with van der Waals surface area (Å²) in [5.74, 6) is -0.479. The van der Waals surface area contributed by atoms with Crippen LogP contribution in [0.3, 0.4) is 0 Å². The Labute approximate surface area is 217 Å². The van der Waals surface area contributed by atoms with Crippen LogP contribution in [-0.4, -0.2) is 56.1 Å². The number of carbonyl (C=O) groups is 1. The van der Waals surface area contributed by atoms with Crippen molar-refractivity contribution < 1.29 is 19.0 Å². The van der Waals surface area contributed by atoms with Gasteiger partial charge in [0.2, 0.25) is 5.95 Å². The minimum Gasteiger partial charge on any atom is -0.394 e. The third kappa shape index (κ3) is 5.71. The van der Waals surface area contributed by atoms with E-state index in [1.54, 1.807) is 54.6 Å². The molecule has 1 aliphatic rings. The number of halogens is 2. The Balaban J connectivity index is 1.38. The number of nitrogens with zero attached hydrogens (tertiary/aromatic N) is 4. The van der Waals surface area contributed by atoms with E-state index in [1.165, 1.54) is 12.1 Å². The van der Waals surface area contributed by atoms with Gasteiger partial charge in [-0.2, -0.15) is 5.10 Å². The Morgan fingerprint density at radius 2 is 2.14 bits per heavy atom. The molecule has 1 aliphatic heterocycles. The lowest BCUT2D eigenvalue weighted by Crippen LogP contribution is -2.36. The number of hydrogen-bond acceptors (Lipinski definition) is 7. The second kappa shape index (κ2) is 10.8. The van der Waals surface area contributed by atoms with Crippen LogP contribution >= 0.6 is 11.6 Å². The fourth-order valence-electron chi connectivity index (χ4n) is 4.41. The molecule has 2 aromatic heterocycles. The number of hydrogen-bond donors (Lipinski definition) is 3. The third-order valence-corrected chi connectivity index (χ3v) is 6.67. The van der Waals surface area contributed by atoms with Crippen LogP contribution in [0.5, 0.6) is 0 Å². The molecule has 0 saturated carbocycles. The predicted molar refractivity (Wildman–Crippen MR) is 137 cm³/mol. The molecule has 5 rings (SSSR count). The van der Waals surface area contributed by atoms with E-state index < -0.39 is 11.9 Å². The quantitative estimate of drug-likeness (QED) is 0.338. The minimum atomic E-state index is -0.640. The maximum absolute atomic E-state index is 14.2. The van der Waals surface area contributed by atoms with E-state index >= 15 is 0 Å². The fourth-order valence-corrected chi connectivity index (χ4v) is 4.53. The molecule has 0 radical (unpaired) electrons. The van der Waals surface area contributed by atoms with Crippen molar-refractivity contribution >= 4 is 34.4 Å². The fraction of sp³-hybridized carbons (Fsp3) is 0.308. The Hall–Kier alpha value is -3.60. The summed E-state index contributed by atoms with van der Waals surface area (Å²) in [7, 11) is 1.77. The first-order valence-corrected chi connectivity index (χ1v) is 12.3. The van der Waals surface area contributed by atoms with E-state index in [0.29, 0.717) is 41.2 Å². The summed E-state index contributed by atoms with van der Waals surface area (Å²) in [6.07, 6.45) is 6.32. The second-order valence-electron chi connectivity index (χ2n) is 9.04. The Morgan fingerprint density at radius 3 is 2.89 bits per heavy atom. The topological polar surface area (TPSA) is 114 Å². The molecule has 1 amide bonds. The Kier molecular flexibility index (Phi) is 7.31. The molecular formula is C26H26ClFN6O3. The van der Waals surface area contributed by atoms with Gasteiger partial charge in [-0.15, -0.1) is 0 Å². The molecule has 192 valence electrons. The van der Waals surface area contributed by atoms with Crippen molar-refractivity contribution in [2.75, 3.05) is 18.5 Å². The van der Waals surface area contributed by atoms with Crippen molar-refractivity contribution in [3.63, 3.8) is 0 Å². The highest BCUT2D eigenvalue weighted by atomic mass is 35.5. The van der Waals surface area contributed by atoms with Crippen LogP contribution in [0, 0.1) is 5.82 Å². The SMILES string of the molecule is Cn1cc(C(NC(=O)c2ccc3cnc(NC4CCOC(CO)C4)nc3c2)c2ccc(Cl)c(F)c2)cn1. The van der Waals surface area contributed by atoms with Gasteiger partial charge in [-0.05, 0) is 42.7 Å². The largest absolute Gasteiger partial charge is 0.394 e. The molecule has 9 nitrogen and oxygen atoms in total. The van der Waals surface area contributed by atoms with Crippen LogP contribution in [0.15, 0.2) is 55.0 Å². The van der Waals surface area contributed by atoms with Crippen LogP contribution in [0.4, 0.5) is 10.3 Å². The lowest BCUT2D eigenvalue weighted by atomic mass is 10.0. The molecule has 37 heavy (non-hydrogen) atoms. The van der Waals surface area contributed by atoms with Crippen LogP contribution in [-0.2, 0) is 11.8 Å². The first-order chi connectivity index (χ1) is 17.9. The highest BCUT2D eigenvalue weighted by Gasteiger charge is 2.23. The molecule has 1 saturated heterocycles. The maximum atomic E-state index is 14.2. The first kappa shape index (κ1) is 25.1. The van der Waals surface area contributed by atoms with E-state index in [0.717, 1.165) is 11.8 Å². The molecule has 11 heteroatoms. The summed E-state index contributed by atoms with van der Waals surface area (Å²) in [4.78, 5) is 22.3. The third-order valence-electron chi connectivity index (χ3n) is 6.36. The number of nitrogens with one attached hydrogen (secondary N) is 2. The normalized spacial score (nSPS) is 18.5. The molecule has 0 spiro atoms. The number of benzene rings is 2.